The van der Waals surface area contributed by atoms with E-state index in [9.17, 15) is 18.3 Å². The molecule has 0 fully saturated rings. The largest absolute Gasteiger partial charge is 0.506 e. The molecule has 0 aliphatic carbocycles. The van der Waals surface area contributed by atoms with Crippen LogP contribution in [0.25, 0.3) is 0 Å². The monoisotopic (exact) mass is 505 g/mol. The van der Waals surface area contributed by atoms with Crippen LogP contribution in [0.2, 0.25) is 10.0 Å². The number of nitrogens with one attached hydrogen (secondary N) is 1. The Morgan fingerprint density at radius 3 is 2.42 bits per heavy atom. The van der Waals surface area contributed by atoms with Crippen LogP contribution in [0.3, 0.4) is 0 Å². The lowest BCUT2D eigenvalue weighted by Gasteiger charge is -2.24. The normalized spacial score (nSPS) is 11.5. The quantitative estimate of drug-likeness (QED) is 0.360. The molecular formula is C23H21Cl2N3O4S. The van der Waals surface area contributed by atoms with Crippen LogP contribution in [0, 0.1) is 13.8 Å². The van der Waals surface area contributed by atoms with E-state index in [2.05, 4.69) is 10.5 Å². The van der Waals surface area contributed by atoms with Gasteiger partial charge in [0.05, 0.1) is 21.8 Å². The van der Waals surface area contributed by atoms with Gasteiger partial charge in [0.25, 0.3) is 15.9 Å². The minimum absolute atomic E-state index is 0.0325. The molecule has 0 heterocycles. The standard InChI is InChI=1S/C23H21Cl2N3O4S/c1-15-8-9-19(10-16(15)2)28(33(31,32)20-6-4-3-5-7-20)14-22(29)27-26-13-17-11-18(24)12-21(25)23(17)30/h3-13,30H,14H2,1-2H3,(H,27,29)/b26-13+. The van der Waals surface area contributed by atoms with Gasteiger partial charge < -0.3 is 5.11 Å². The molecule has 0 bridgehead atoms. The van der Waals surface area contributed by atoms with Gasteiger partial charge in [-0.3, -0.25) is 9.10 Å². The molecule has 0 aliphatic rings. The Labute approximate surface area is 202 Å². The first kappa shape index (κ1) is 24.6. The number of aromatic hydroxyl groups is 1. The second kappa shape index (κ2) is 10.2. The fraction of sp³-hybridized carbons (Fsp3) is 0.130. The van der Waals surface area contributed by atoms with Crippen LogP contribution in [0.4, 0.5) is 5.69 Å². The van der Waals surface area contributed by atoms with Crippen LogP contribution >= 0.6 is 23.2 Å². The molecule has 2 N–H and O–H groups in total. The summed E-state index contributed by atoms with van der Waals surface area (Å²) >= 11 is 11.8. The van der Waals surface area contributed by atoms with Crippen LogP contribution in [0.15, 0.2) is 70.7 Å². The van der Waals surface area contributed by atoms with Crippen molar-refractivity contribution in [3.63, 3.8) is 0 Å². The fourth-order valence-corrected chi connectivity index (χ4v) is 4.88. The Morgan fingerprint density at radius 2 is 1.76 bits per heavy atom. The summed E-state index contributed by atoms with van der Waals surface area (Å²) in [5, 5.41) is 14.1. The van der Waals surface area contributed by atoms with E-state index >= 15 is 0 Å². The van der Waals surface area contributed by atoms with Crippen LogP contribution in [-0.2, 0) is 14.8 Å². The number of halogens is 2. The molecule has 0 saturated heterocycles. The van der Waals surface area contributed by atoms with Crippen molar-refractivity contribution in [2.24, 2.45) is 5.10 Å². The highest BCUT2D eigenvalue weighted by Crippen LogP contribution is 2.30. The van der Waals surface area contributed by atoms with Gasteiger partial charge in [-0.2, -0.15) is 5.10 Å². The zero-order valence-electron chi connectivity index (χ0n) is 17.8. The average molecular weight is 506 g/mol. The third-order valence-electron chi connectivity index (χ3n) is 4.85. The zero-order chi connectivity index (χ0) is 24.2. The van der Waals surface area contributed by atoms with Crippen molar-refractivity contribution >= 4 is 51.0 Å². The summed E-state index contributed by atoms with van der Waals surface area (Å²) in [6.45, 7) is 3.26. The number of phenols is 1. The molecule has 1 amide bonds. The summed E-state index contributed by atoms with van der Waals surface area (Å²) in [4.78, 5) is 12.7. The molecule has 0 aliphatic heterocycles. The first-order valence-corrected chi connectivity index (χ1v) is 11.9. The van der Waals surface area contributed by atoms with E-state index in [0.29, 0.717) is 5.69 Å². The molecule has 3 rings (SSSR count). The maximum absolute atomic E-state index is 13.3. The second-order valence-corrected chi connectivity index (χ2v) is 9.92. The highest BCUT2D eigenvalue weighted by atomic mass is 35.5. The summed E-state index contributed by atoms with van der Waals surface area (Å²) in [7, 11) is -4.03. The number of sulfonamides is 1. The van der Waals surface area contributed by atoms with Crippen molar-refractivity contribution in [2.45, 2.75) is 18.7 Å². The number of aryl methyl sites for hydroxylation is 2. The average Bonchev–Trinajstić information content (AvgIpc) is 2.78. The van der Waals surface area contributed by atoms with Gasteiger partial charge in [0.15, 0.2) is 0 Å². The molecule has 33 heavy (non-hydrogen) atoms. The fourth-order valence-electron chi connectivity index (χ4n) is 2.94. The van der Waals surface area contributed by atoms with Crippen LogP contribution < -0.4 is 9.73 Å². The molecule has 7 nitrogen and oxygen atoms in total. The number of hydrogen-bond acceptors (Lipinski definition) is 5. The minimum atomic E-state index is -4.03. The lowest BCUT2D eigenvalue weighted by Crippen LogP contribution is -2.39. The predicted molar refractivity (Wildman–Crippen MR) is 131 cm³/mol. The molecular weight excluding hydrogens is 485 g/mol. The van der Waals surface area contributed by atoms with E-state index in [0.717, 1.165) is 21.6 Å². The minimum Gasteiger partial charge on any atom is -0.506 e. The lowest BCUT2D eigenvalue weighted by molar-refractivity contribution is -0.119. The van der Waals surface area contributed by atoms with Crippen molar-refractivity contribution < 1.29 is 18.3 Å². The molecule has 3 aromatic carbocycles. The van der Waals surface area contributed by atoms with Gasteiger partial charge in [-0.1, -0.05) is 47.5 Å². The van der Waals surface area contributed by atoms with E-state index in [1.807, 2.05) is 13.8 Å². The second-order valence-electron chi connectivity index (χ2n) is 7.21. The Bertz CT molecular complexity index is 1310. The van der Waals surface area contributed by atoms with Gasteiger partial charge in [0, 0.05) is 10.6 Å². The molecule has 0 spiro atoms. The molecule has 0 radical (unpaired) electrons. The zero-order valence-corrected chi connectivity index (χ0v) is 20.1. The van der Waals surface area contributed by atoms with Gasteiger partial charge in [0.1, 0.15) is 12.3 Å². The summed E-state index contributed by atoms with van der Waals surface area (Å²) < 4.78 is 27.7. The highest BCUT2D eigenvalue weighted by molar-refractivity contribution is 7.92. The SMILES string of the molecule is Cc1ccc(N(CC(=O)N/N=C/c2cc(Cl)cc(Cl)c2O)S(=O)(=O)c2ccccc2)cc1C. The Hall–Kier alpha value is -3.07. The molecule has 3 aromatic rings. The topological polar surface area (TPSA) is 99.1 Å². The van der Waals surface area contributed by atoms with Crippen molar-refractivity contribution in [1.82, 2.24) is 5.43 Å². The number of benzene rings is 3. The molecule has 0 unspecified atom stereocenters. The number of carbonyl (C=O) groups is 1. The molecule has 0 atom stereocenters. The van der Waals surface area contributed by atoms with E-state index < -0.39 is 22.5 Å². The summed E-state index contributed by atoms with van der Waals surface area (Å²) in [5.74, 6) is -0.931. The number of amides is 1. The maximum Gasteiger partial charge on any atom is 0.264 e. The van der Waals surface area contributed by atoms with Gasteiger partial charge in [0.2, 0.25) is 0 Å². The van der Waals surface area contributed by atoms with Crippen molar-refractivity contribution in [1.29, 1.82) is 0 Å². The molecule has 0 saturated carbocycles. The van der Waals surface area contributed by atoms with E-state index in [1.54, 1.807) is 36.4 Å². The van der Waals surface area contributed by atoms with Crippen LogP contribution in [0.1, 0.15) is 16.7 Å². The van der Waals surface area contributed by atoms with Crippen LogP contribution in [0.5, 0.6) is 5.75 Å². The number of phenolic OH excluding ortho intramolecular Hbond substituents is 1. The van der Waals surface area contributed by atoms with Gasteiger partial charge in [-0.15, -0.1) is 0 Å². The number of anilines is 1. The van der Waals surface area contributed by atoms with E-state index in [-0.39, 0.29) is 26.3 Å². The highest BCUT2D eigenvalue weighted by Gasteiger charge is 2.27. The van der Waals surface area contributed by atoms with E-state index in [1.165, 1.54) is 24.3 Å². The lowest BCUT2D eigenvalue weighted by atomic mass is 10.1. The Kier molecular flexibility index (Phi) is 7.63. The molecule has 0 aromatic heterocycles. The summed E-state index contributed by atoms with van der Waals surface area (Å²) in [6.07, 6.45) is 1.16. The predicted octanol–water partition coefficient (Wildman–Crippen LogP) is 4.66. The maximum atomic E-state index is 13.3. The first-order chi connectivity index (χ1) is 15.6. The van der Waals surface area contributed by atoms with Crippen molar-refractivity contribution in [3.05, 3.63) is 87.4 Å². The number of nitrogens with zero attached hydrogens (tertiary/aromatic N) is 2. The van der Waals surface area contributed by atoms with E-state index in [4.69, 9.17) is 23.2 Å². The van der Waals surface area contributed by atoms with Crippen LogP contribution in [-0.4, -0.2) is 32.2 Å². The molecule has 10 heteroatoms. The number of carbonyl (C=O) groups excluding carboxylic acids is 1. The summed E-state index contributed by atoms with van der Waals surface area (Å²) in [6, 6.07) is 15.8. The first-order valence-electron chi connectivity index (χ1n) is 9.74. The Balaban J connectivity index is 1.87. The van der Waals surface area contributed by atoms with Gasteiger partial charge in [-0.25, -0.2) is 13.8 Å². The molecule has 172 valence electrons. The summed E-state index contributed by atoms with van der Waals surface area (Å²) in [5.41, 5.74) is 4.68. The number of rotatable bonds is 7. The van der Waals surface area contributed by atoms with Crippen molar-refractivity contribution in [3.8, 4) is 5.75 Å². The third kappa shape index (κ3) is 5.84. The van der Waals surface area contributed by atoms with Gasteiger partial charge >= 0.3 is 0 Å². The number of hydrogen-bond donors (Lipinski definition) is 2. The Morgan fingerprint density at radius 1 is 1.06 bits per heavy atom. The number of hydrazone groups is 1. The smallest absolute Gasteiger partial charge is 0.264 e. The van der Waals surface area contributed by atoms with Gasteiger partial charge in [-0.05, 0) is 61.4 Å². The third-order valence-corrected chi connectivity index (χ3v) is 7.14. The van der Waals surface area contributed by atoms with Crippen molar-refractivity contribution in [2.75, 3.05) is 10.8 Å².